The van der Waals surface area contributed by atoms with Gasteiger partial charge < -0.3 is 10.5 Å². The predicted molar refractivity (Wildman–Crippen MR) is 77.7 cm³/mol. The van der Waals surface area contributed by atoms with Gasteiger partial charge in [0.2, 0.25) is 0 Å². The molecule has 3 nitrogen and oxygen atoms in total. The molecule has 0 spiro atoms. The van der Waals surface area contributed by atoms with Crippen molar-refractivity contribution in [3.8, 4) is 0 Å². The first-order valence-corrected chi connectivity index (χ1v) is 7.62. The molecule has 1 aliphatic rings. The highest BCUT2D eigenvalue weighted by Gasteiger charge is 2.28. The van der Waals surface area contributed by atoms with Crippen molar-refractivity contribution in [1.82, 2.24) is 4.90 Å². The van der Waals surface area contributed by atoms with Crippen LogP contribution in [0.15, 0.2) is 0 Å². The average molecular weight is 256 g/mol. The summed E-state index contributed by atoms with van der Waals surface area (Å²) in [4.78, 5) is 2.66. The molecule has 1 heterocycles. The minimum absolute atomic E-state index is 0.466. The van der Waals surface area contributed by atoms with Gasteiger partial charge in [-0.15, -0.1) is 0 Å². The predicted octanol–water partition coefficient (Wildman–Crippen LogP) is 2.50. The first-order chi connectivity index (χ1) is 8.56. The molecule has 0 aromatic heterocycles. The molecule has 0 amide bonds. The number of piperidine rings is 1. The molecule has 0 unspecified atom stereocenters. The van der Waals surface area contributed by atoms with Gasteiger partial charge in [-0.3, -0.25) is 4.90 Å². The largest absolute Gasteiger partial charge is 0.378 e. The van der Waals surface area contributed by atoms with Crippen LogP contribution in [-0.2, 0) is 4.74 Å². The van der Waals surface area contributed by atoms with Gasteiger partial charge in [0.05, 0.1) is 6.10 Å². The third kappa shape index (κ3) is 4.87. The minimum atomic E-state index is 0.466. The Kier molecular flexibility index (Phi) is 7.20. The lowest BCUT2D eigenvalue weighted by Crippen LogP contribution is -2.48. The monoisotopic (exact) mass is 256 g/mol. The van der Waals surface area contributed by atoms with Gasteiger partial charge in [-0.1, -0.05) is 27.7 Å². The van der Waals surface area contributed by atoms with Gasteiger partial charge in [-0.25, -0.2) is 0 Å². The summed E-state index contributed by atoms with van der Waals surface area (Å²) in [6.07, 6.45) is 3.81. The van der Waals surface area contributed by atoms with Crippen molar-refractivity contribution < 1.29 is 4.74 Å². The van der Waals surface area contributed by atoms with E-state index < -0.39 is 0 Å². The van der Waals surface area contributed by atoms with E-state index in [9.17, 15) is 0 Å². The molecule has 0 atom stereocenters. The number of likely N-dealkylation sites (tertiary alicyclic amines) is 1. The van der Waals surface area contributed by atoms with Crippen LogP contribution in [0.5, 0.6) is 0 Å². The molecular weight excluding hydrogens is 224 g/mol. The maximum atomic E-state index is 5.87. The Morgan fingerprint density at radius 3 is 2.11 bits per heavy atom. The van der Waals surface area contributed by atoms with E-state index >= 15 is 0 Å². The second kappa shape index (κ2) is 8.13. The quantitative estimate of drug-likeness (QED) is 0.711. The van der Waals surface area contributed by atoms with Gasteiger partial charge >= 0.3 is 0 Å². The van der Waals surface area contributed by atoms with Gasteiger partial charge in [0, 0.05) is 25.7 Å². The van der Waals surface area contributed by atoms with E-state index in [0.29, 0.717) is 6.10 Å². The molecule has 0 bridgehead atoms. The van der Waals surface area contributed by atoms with Gasteiger partial charge in [-0.05, 0) is 37.6 Å². The summed E-state index contributed by atoms with van der Waals surface area (Å²) in [6.45, 7) is 13.3. The summed E-state index contributed by atoms with van der Waals surface area (Å²) in [6, 6.07) is 0.718. The Bertz CT molecular complexity index is 203. The van der Waals surface area contributed by atoms with Crippen LogP contribution < -0.4 is 5.73 Å². The van der Waals surface area contributed by atoms with E-state index in [4.69, 9.17) is 10.5 Å². The fraction of sp³-hybridized carbons (Fsp3) is 1.00. The first-order valence-electron chi connectivity index (χ1n) is 7.62. The van der Waals surface area contributed by atoms with Crippen molar-refractivity contribution in [2.24, 2.45) is 17.6 Å². The summed E-state index contributed by atoms with van der Waals surface area (Å²) in [5, 5.41) is 0. The Morgan fingerprint density at radius 2 is 1.67 bits per heavy atom. The molecule has 0 aromatic rings. The highest BCUT2D eigenvalue weighted by atomic mass is 16.5. The molecule has 1 rings (SSSR count). The molecule has 18 heavy (non-hydrogen) atoms. The Labute approximate surface area is 113 Å². The molecule has 1 fully saturated rings. The molecule has 0 radical (unpaired) electrons. The maximum absolute atomic E-state index is 5.87. The molecular formula is C15H32N2O. The highest BCUT2D eigenvalue weighted by Crippen LogP contribution is 2.24. The van der Waals surface area contributed by atoms with Crippen molar-refractivity contribution in [1.29, 1.82) is 0 Å². The lowest BCUT2D eigenvalue weighted by atomic mass is 9.90. The zero-order valence-corrected chi connectivity index (χ0v) is 12.7. The number of nitrogens with two attached hydrogens (primary N) is 1. The van der Waals surface area contributed by atoms with E-state index in [-0.39, 0.29) is 0 Å². The topological polar surface area (TPSA) is 38.5 Å². The zero-order chi connectivity index (χ0) is 13.5. The van der Waals surface area contributed by atoms with Crippen LogP contribution in [0.3, 0.4) is 0 Å². The summed E-state index contributed by atoms with van der Waals surface area (Å²) < 4.78 is 5.87. The first kappa shape index (κ1) is 15.9. The normalized spacial score (nSPS) is 19.3. The van der Waals surface area contributed by atoms with E-state index in [1.165, 1.54) is 25.9 Å². The van der Waals surface area contributed by atoms with Crippen LogP contribution in [0.2, 0.25) is 0 Å². The van der Waals surface area contributed by atoms with Crippen molar-refractivity contribution in [3.05, 3.63) is 0 Å². The van der Waals surface area contributed by atoms with Gasteiger partial charge in [0.25, 0.3) is 0 Å². The molecule has 0 aliphatic carbocycles. The fourth-order valence-corrected chi connectivity index (χ4v) is 3.29. The van der Waals surface area contributed by atoms with Crippen LogP contribution in [-0.4, -0.2) is 43.3 Å². The summed E-state index contributed by atoms with van der Waals surface area (Å²) >= 11 is 0. The van der Waals surface area contributed by atoms with Crippen LogP contribution in [0, 0.1) is 11.8 Å². The average Bonchev–Trinajstić information content (AvgIpc) is 2.30. The van der Waals surface area contributed by atoms with Crippen molar-refractivity contribution in [3.63, 3.8) is 0 Å². The van der Waals surface area contributed by atoms with Crippen molar-refractivity contribution in [2.75, 3.05) is 26.2 Å². The van der Waals surface area contributed by atoms with Gasteiger partial charge in [0.1, 0.15) is 0 Å². The number of hydrogen-bond donors (Lipinski definition) is 1. The fourth-order valence-electron chi connectivity index (χ4n) is 3.29. The summed E-state index contributed by atoms with van der Waals surface area (Å²) in [7, 11) is 0. The SMILES string of the molecule is CC(C)C(C(C)C)N1CCC(OCCCN)CC1. The van der Waals surface area contributed by atoms with Crippen LogP contribution in [0.25, 0.3) is 0 Å². The van der Waals surface area contributed by atoms with Crippen LogP contribution in [0.1, 0.15) is 47.0 Å². The second-order valence-electron chi connectivity index (χ2n) is 6.23. The Hall–Kier alpha value is -0.120. The van der Waals surface area contributed by atoms with Crippen LogP contribution in [0.4, 0.5) is 0 Å². The van der Waals surface area contributed by atoms with Gasteiger partial charge in [0.15, 0.2) is 0 Å². The Balaban J connectivity index is 2.33. The molecule has 108 valence electrons. The standard InChI is InChI=1S/C15H32N2O/c1-12(2)15(13(3)4)17-9-6-14(7-10-17)18-11-5-8-16/h12-15H,5-11,16H2,1-4H3. The third-order valence-corrected chi connectivity index (χ3v) is 3.97. The van der Waals surface area contributed by atoms with Crippen molar-refractivity contribution in [2.45, 2.75) is 59.1 Å². The molecule has 3 heteroatoms. The summed E-state index contributed by atoms with van der Waals surface area (Å²) in [5.41, 5.74) is 5.48. The number of rotatable bonds is 7. The minimum Gasteiger partial charge on any atom is -0.378 e. The lowest BCUT2D eigenvalue weighted by Gasteiger charge is -2.41. The maximum Gasteiger partial charge on any atom is 0.0599 e. The summed E-state index contributed by atoms with van der Waals surface area (Å²) in [5.74, 6) is 1.47. The molecule has 1 saturated heterocycles. The molecule has 0 aromatic carbocycles. The highest BCUT2D eigenvalue weighted by molar-refractivity contribution is 4.82. The second-order valence-corrected chi connectivity index (χ2v) is 6.23. The lowest BCUT2D eigenvalue weighted by molar-refractivity contribution is -0.0141. The number of ether oxygens (including phenoxy) is 1. The molecule has 0 saturated carbocycles. The smallest absolute Gasteiger partial charge is 0.0599 e. The molecule has 2 N–H and O–H groups in total. The zero-order valence-electron chi connectivity index (χ0n) is 12.7. The van der Waals surface area contributed by atoms with E-state index in [0.717, 1.165) is 37.5 Å². The van der Waals surface area contributed by atoms with Crippen molar-refractivity contribution >= 4 is 0 Å². The third-order valence-electron chi connectivity index (χ3n) is 3.97. The van der Waals surface area contributed by atoms with E-state index in [1.54, 1.807) is 0 Å². The van der Waals surface area contributed by atoms with Crippen LogP contribution >= 0.6 is 0 Å². The van der Waals surface area contributed by atoms with Gasteiger partial charge in [-0.2, -0.15) is 0 Å². The Morgan fingerprint density at radius 1 is 1.11 bits per heavy atom. The number of hydrogen-bond acceptors (Lipinski definition) is 3. The molecule has 1 aliphatic heterocycles. The van der Waals surface area contributed by atoms with E-state index in [2.05, 4.69) is 32.6 Å². The van der Waals surface area contributed by atoms with E-state index in [1.807, 2.05) is 0 Å². The number of nitrogens with zero attached hydrogens (tertiary/aromatic N) is 1.